The van der Waals surface area contributed by atoms with Gasteiger partial charge < -0.3 is 10.2 Å². The molecule has 1 fully saturated rings. The molecular weight excluding hydrogens is 236 g/mol. The van der Waals surface area contributed by atoms with Crippen LogP contribution in [0, 0.1) is 11.8 Å². The molecule has 102 valence electrons. The Balaban J connectivity index is 1.69. The topological polar surface area (TPSA) is 32.3 Å². The summed E-state index contributed by atoms with van der Waals surface area (Å²) in [5.41, 5.74) is 2.39. The van der Waals surface area contributed by atoms with Gasteiger partial charge in [-0.25, -0.2) is 0 Å². The van der Waals surface area contributed by atoms with Crippen LogP contribution in [0.2, 0.25) is 0 Å². The number of fused-ring (bicyclic) bond motifs is 1. The average molecular weight is 258 g/mol. The van der Waals surface area contributed by atoms with E-state index in [0.717, 1.165) is 25.2 Å². The summed E-state index contributed by atoms with van der Waals surface area (Å²) in [7, 11) is 0. The largest absolute Gasteiger partial charge is 0.373 e. The first kappa shape index (κ1) is 12.5. The van der Waals surface area contributed by atoms with E-state index in [1.807, 2.05) is 12.1 Å². The minimum Gasteiger partial charge on any atom is -0.373 e. The molecule has 0 bridgehead atoms. The molecule has 0 saturated carbocycles. The Bertz CT molecular complexity index is 450. The molecule has 2 aliphatic heterocycles. The standard InChI is InChI=1S/C16H22N2O/c1-11-7-12(2)10-18(9-11)16(19)15-8-13-5-3-4-6-14(13)17-15/h3-6,11-12,15,17H,7-10H2,1-2H3/t11-,12+,15-/m0/s1. The molecular formula is C16H22N2O. The summed E-state index contributed by atoms with van der Waals surface area (Å²) < 4.78 is 0. The lowest BCUT2D eigenvalue weighted by Gasteiger charge is -2.36. The molecule has 1 saturated heterocycles. The third-order valence-corrected chi connectivity index (χ3v) is 4.25. The minimum absolute atomic E-state index is 0.0603. The smallest absolute Gasteiger partial charge is 0.245 e. The van der Waals surface area contributed by atoms with E-state index in [-0.39, 0.29) is 11.9 Å². The number of likely N-dealkylation sites (tertiary alicyclic amines) is 1. The molecule has 3 atom stereocenters. The van der Waals surface area contributed by atoms with Gasteiger partial charge in [-0.05, 0) is 29.9 Å². The maximum absolute atomic E-state index is 12.6. The number of carbonyl (C=O) groups excluding carboxylic acids is 1. The predicted octanol–water partition coefficient (Wildman–Crippen LogP) is 2.53. The van der Waals surface area contributed by atoms with Gasteiger partial charge in [0, 0.05) is 25.2 Å². The molecule has 1 aromatic carbocycles. The summed E-state index contributed by atoms with van der Waals surface area (Å²) in [6.07, 6.45) is 2.07. The van der Waals surface area contributed by atoms with Crippen molar-refractivity contribution in [3.8, 4) is 0 Å². The summed E-state index contributed by atoms with van der Waals surface area (Å²) in [4.78, 5) is 14.7. The van der Waals surface area contributed by atoms with Crippen LogP contribution in [0.4, 0.5) is 5.69 Å². The number of amides is 1. The fourth-order valence-electron chi connectivity index (χ4n) is 3.51. The first-order valence-electron chi connectivity index (χ1n) is 7.26. The Morgan fingerprint density at radius 3 is 2.58 bits per heavy atom. The number of hydrogen-bond donors (Lipinski definition) is 1. The van der Waals surface area contributed by atoms with Gasteiger partial charge in [0.05, 0.1) is 0 Å². The van der Waals surface area contributed by atoms with E-state index in [4.69, 9.17) is 0 Å². The van der Waals surface area contributed by atoms with Crippen molar-refractivity contribution in [1.29, 1.82) is 0 Å². The number of anilines is 1. The first-order valence-corrected chi connectivity index (χ1v) is 7.26. The molecule has 3 rings (SSSR count). The van der Waals surface area contributed by atoms with Gasteiger partial charge in [0.25, 0.3) is 0 Å². The molecule has 0 radical (unpaired) electrons. The number of piperidine rings is 1. The summed E-state index contributed by atoms with van der Waals surface area (Å²) in [6.45, 7) is 6.31. The van der Waals surface area contributed by atoms with Crippen LogP contribution < -0.4 is 5.32 Å². The quantitative estimate of drug-likeness (QED) is 0.839. The molecule has 0 aliphatic carbocycles. The molecule has 3 nitrogen and oxygen atoms in total. The third-order valence-electron chi connectivity index (χ3n) is 4.25. The van der Waals surface area contributed by atoms with E-state index in [2.05, 4.69) is 36.2 Å². The minimum atomic E-state index is -0.0603. The Morgan fingerprint density at radius 1 is 1.21 bits per heavy atom. The monoisotopic (exact) mass is 258 g/mol. The van der Waals surface area contributed by atoms with Crippen LogP contribution in [-0.2, 0) is 11.2 Å². The fraction of sp³-hybridized carbons (Fsp3) is 0.562. The van der Waals surface area contributed by atoms with Crippen LogP contribution in [0.15, 0.2) is 24.3 Å². The number of carbonyl (C=O) groups is 1. The van der Waals surface area contributed by atoms with Crippen LogP contribution in [0.25, 0.3) is 0 Å². The van der Waals surface area contributed by atoms with E-state index in [0.29, 0.717) is 11.8 Å². The first-order chi connectivity index (χ1) is 9.13. The van der Waals surface area contributed by atoms with Gasteiger partial charge in [-0.3, -0.25) is 4.79 Å². The lowest BCUT2D eigenvalue weighted by atomic mass is 9.91. The highest BCUT2D eigenvalue weighted by atomic mass is 16.2. The highest BCUT2D eigenvalue weighted by Gasteiger charge is 2.33. The van der Waals surface area contributed by atoms with Gasteiger partial charge in [0.15, 0.2) is 0 Å². The second-order valence-electron chi connectivity index (χ2n) is 6.25. The zero-order valence-corrected chi connectivity index (χ0v) is 11.7. The number of hydrogen-bond acceptors (Lipinski definition) is 2. The van der Waals surface area contributed by atoms with Crippen LogP contribution >= 0.6 is 0 Å². The van der Waals surface area contributed by atoms with E-state index in [1.54, 1.807) is 0 Å². The Morgan fingerprint density at radius 2 is 1.89 bits per heavy atom. The van der Waals surface area contributed by atoms with Crippen LogP contribution in [0.5, 0.6) is 0 Å². The number of nitrogens with one attached hydrogen (secondary N) is 1. The van der Waals surface area contributed by atoms with Crippen molar-refractivity contribution < 1.29 is 4.79 Å². The number of para-hydroxylation sites is 1. The van der Waals surface area contributed by atoms with Gasteiger partial charge in [0.1, 0.15) is 6.04 Å². The number of rotatable bonds is 1. The molecule has 19 heavy (non-hydrogen) atoms. The fourth-order valence-corrected chi connectivity index (χ4v) is 3.51. The molecule has 0 unspecified atom stereocenters. The Hall–Kier alpha value is -1.51. The SMILES string of the molecule is C[C@@H]1C[C@H](C)CN(C(=O)[C@@H]2Cc3ccccc3N2)C1. The van der Waals surface area contributed by atoms with E-state index in [9.17, 15) is 4.79 Å². The lowest BCUT2D eigenvalue weighted by molar-refractivity contribution is -0.134. The molecule has 0 spiro atoms. The van der Waals surface area contributed by atoms with Crippen molar-refractivity contribution in [3.63, 3.8) is 0 Å². The van der Waals surface area contributed by atoms with Crippen molar-refractivity contribution in [2.24, 2.45) is 11.8 Å². The molecule has 1 amide bonds. The molecule has 3 heteroatoms. The Kier molecular flexibility index (Phi) is 3.21. The molecule has 2 aliphatic rings. The van der Waals surface area contributed by atoms with Gasteiger partial charge >= 0.3 is 0 Å². The van der Waals surface area contributed by atoms with E-state index < -0.39 is 0 Å². The van der Waals surface area contributed by atoms with Crippen LogP contribution in [0.3, 0.4) is 0 Å². The Labute approximate surface area is 115 Å². The lowest BCUT2D eigenvalue weighted by Crippen LogP contribution is -2.48. The second-order valence-corrected chi connectivity index (χ2v) is 6.25. The van der Waals surface area contributed by atoms with Crippen molar-refractivity contribution in [2.45, 2.75) is 32.7 Å². The summed E-state index contributed by atoms with van der Waals surface area (Å²) in [6, 6.07) is 8.17. The van der Waals surface area contributed by atoms with Gasteiger partial charge in [0.2, 0.25) is 5.91 Å². The summed E-state index contributed by atoms with van der Waals surface area (Å²) >= 11 is 0. The van der Waals surface area contributed by atoms with E-state index >= 15 is 0 Å². The van der Waals surface area contributed by atoms with Crippen molar-refractivity contribution >= 4 is 11.6 Å². The predicted molar refractivity (Wildman–Crippen MR) is 77.1 cm³/mol. The van der Waals surface area contributed by atoms with E-state index in [1.165, 1.54) is 12.0 Å². The second kappa shape index (κ2) is 4.87. The molecule has 0 aromatic heterocycles. The number of nitrogens with zero attached hydrogens (tertiary/aromatic N) is 1. The normalized spacial score (nSPS) is 29.8. The van der Waals surface area contributed by atoms with Crippen LogP contribution in [0.1, 0.15) is 25.8 Å². The maximum Gasteiger partial charge on any atom is 0.245 e. The maximum atomic E-state index is 12.6. The third kappa shape index (κ3) is 2.46. The molecule has 2 heterocycles. The van der Waals surface area contributed by atoms with Crippen molar-refractivity contribution in [1.82, 2.24) is 4.90 Å². The molecule has 1 aromatic rings. The van der Waals surface area contributed by atoms with Gasteiger partial charge in [-0.2, -0.15) is 0 Å². The molecule has 1 N–H and O–H groups in total. The summed E-state index contributed by atoms with van der Waals surface area (Å²) in [5, 5.41) is 3.37. The zero-order chi connectivity index (χ0) is 13.4. The highest BCUT2D eigenvalue weighted by molar-refractivity contribution is 5.87. The van der Waals surface area contributed by atoms with Crippen molar-refractivity contribution in [2.75, 3.05) is 18.4 Å². The highest BCUT2D eigenvalue weighted by Crippen LogP contribution is 2.28. The van der Waals surface area contributed by atoms with Gasteiger partial charge in [-0.1, -0.05) is 32.0 Å². The van der Waals surface area contributed by atoms with Crippen molar-refractivity contribution in [3.05, 3.63) is 29.8 Å². The number of benzene rings is 1. The zero-order valence-electron chi connectivity index (χ0n) is 11.7. The summed E-state index contributed by atoms with van der Waals surface area (Å²) in [5.74, 6) is 1.52. The van der Waals surface area contributed by atoms with Crippen LogP contribution in [-0.4, -0.2) is 29.9 Å². The average Bonchev–Trinajstić information content (AvgIpc) is 2.80. The van der Waals surface area contributed by atoms with Gasteiger partial charge in [-0.15, -0.1) is 0 Å².